The molecule has 0 aliphatic carbocycles. The highest BCUT2D eigenvalue weighted by atomic mass is 32.2. The Labute approximate surface area is 71.3 Å². The van der Waals surface area contributed by atoms with Crippen LogP contribution >= 0.6 is 11.8 Å². The van der Waals surface area contributed by atoms with Crippen LogP contribution in [0.25, 0.3) is 0 Å². The van der Waals surface area contributed by atoms with E-state index in [4.69, 9.17) is 10.8 Å². The van der Waals surface area contributed by atoms with E-state index >= 15 is 0 Å². The Kier molecular flexibility index (Phi) is 7.72. The molecule has 11 heavy (non-hydrogen) atoms. The highest BCUT2D eigenvalue weighted by Crippen LogP contribution is 2.05. The molecule has 0 bridgehead atoms. The van der Waals surface area contributed by atoms with Crippen LogP contribution in [-0.2, 0) is 4.79 Å². The van der Waals surface area contributed by atoms with Gasteiger partial charge < -0.3 is 10.8 Å². The predicted molar refractivity (Wildman–Crippen MR) is 47.9 cm³/mol. The summed E-state index contributed by atoms with van der Waals surface area (Å²) in [7, 11) is 0. The smallest absolute Gasteiger partial charge is 0.303 e. The number of carboxylic acid groups (broad SMARTS) is 1. The Morgan fingerprint density at radius 3 is 2.55 bits per heavy atom. The highest BCUT2D eigenvalue weighted by molar-refractivity contribution is 7.99. The lowest BCUT2D eigenvalue weighted by molar-refractivity contribution is -0.137. The van der Waals surface area contributed by atoms with Crippen LogP contribution in [0.3, 0.4) is 0 Å². The SMILES string of the molecule is NCCCSCCCC(=O)O. The molecule has 66 valence electrons. The van der Waals surface area contributed by atoms with Crippen molar-refractivity contribution in [2.75, 3.05) is 18.1 Å². The van der Waals surface area contributed by atoms with Crippen LogP contribution in [-0.4, -0.2) is 29.1 Å². The molecule has 4 heteroatoms. The molecule has 0 spiro atoms. The molecule has 0 atom stereocenters. The summed E-state index contributed by atoms with van der Waals surface area (Å²) >= 11 is 1.78. The molecule has 0 amide bonds. The standard InChI is InChI=1S/C7H15NO2S/c8-4-2-6-11-5-1-3-7(9)10/h1-6,8H2,(H,9,10). The summed E-state index contributed by atoms with van der Waals surface area (Å²) in [5.41, 5.74) is 5.28. The second-order valence-corrected chi connectivity index (χ2v) is 3.48. The predicted octanol–water partition coefficient (Wildman–Crippen LogP) is 0.933. The van der Waals surface area contributed by atoms with Gasteiger partial charge in [0.2, 0.25) is 0 Å². The lowest BCUT2D eigenvalue weighted by Crippen LogP contribution is -2.00. The first-order valence-corrected chi connectivity index (χ1v) is 4.92. The molecule has 0 fully saturated rings. The fraction of sp³-hybridized carbons (Fsp3) is 0.857. The van der Waals surface area contributed by atoms with E-state index in [9.17, 15) is 4.79 Å². The molecule has 0 aliphatic heterocycles. The molecule has 0 rings (SSSR count). The maximum absolute atomic E-state index is 10.1. The Hall–Kier alpha value is -0.220. The summed E-state index contributed by atoms with van der Waals surface area (Å²) in [6, 6.07) is 0. The zero-order chi connectivity index (χ0) is 8.53. The molecule has 0 saturated heterocycles. The van der Waals surface area contributed by atoms with Crippen molar-refractivity contribution in [3.63, 3.8) is 0 Å². The zero-order valence-corrected chi connectivity index (χ0v) is 7.40. The van der Waals surface area contributed by atoms with Crippen molar-refractivity contribution in [1.29, 1.82) is 0 Å². The van der Waals surface area contributed by atoms with Gasteiger partial charge in [0.1, 0.15) is 0 Å². The Morgan fingerprint density at radius 1 is 1.36 bits per heavy atom. The van der Waals surface area contributed by atoms with Crippen LogP contribution < -0.4 is 5.73 Å². The first kappa shape index (κ1) is 10.8. The summed E-state index contributed by atoms with van der Waals surface area (Å²) in [6.07, 6.45) is 2.08. The van der Waals surface area contributed by atoms with Gasteiger partial charge >= 0.3 is 5.97 Å². The van der Waals surface area contributed by atoms with Crippen LogP contribution in [0, 0.1) is 0 Å². The Morgan fingerprint density at radius 2 is 2.00 bits per heavy atom. The Balaban J connectivity index is 2.85. The van der Waals surface area contributed by atoms with Crippen molar-refractivity contribution in [2.45, 2.75) is 19.3 Å². The topological polar surface area (TPSA) is 63.3 Å². The van der Waals surface area contributed by atoms with Crippen LogP contribution in [0.5, 0.6) is 0 Å². The average Bonchev–Trinajstić information content (AvgIpc) is 1.96. The van der Waals surface area contributed by atoms with E-state index in [1.54, 1.807) is 11.8 Å². The fourth-order valence-electron chi connectivity index (χ4n) is 0.613. The van der Waals surface area contributed by atoms with Gasteiger partial charge in [-0.05, 0) is 30.9 Å². The third kappa shape index (κ3) is 9.78. The van der Waals surface area contributed by atoms with Gasteiger partial charge in [-0.25, -0.2) is 0 Å². The maximum Gasteiger partial charge on any atom is 0.303 e. The van der Waals surface area contributed by atoms with Crippen LogP contribution in [0.4, 0.5) is 0 Å². The summed E-state index contributed by atoms with van der Waals surface area (Å²) in [4.78, 5) is 10.1. The van der Waals surface area contributed by atoms with E-state index in [1.165, 1.54) is 0 Å². The number of hydrogen-bond acceptors (Lipinski definition) is 3. The molecule has 3 nitrogen and oxygen atoms in total. The molecule has 0 saturated carbocycles. The number of thioether (sulfide) groups is 1. The molecule has 0 aliphatic rings. The molecule has 0 radical (unpaired) electrons. The van der Waals surface area contributed by atoms with E-state index in [0.29, 0.717) is 0 Å². The largest absolute Gasteiger partial charge is 0.481 e. The van der Waals surface area contributed by atoms with E-state index in [0.717, 1.165) is 30.9 Å². The zero-order valence-electron chi connectivity index (χ0n) is 6.58. The number of aliphatic carboxylic acids is 1. The van der Waals surface area contributed by atoms with Gasteiger partial charge in [-0.3, -0.25) is 4.79 Å². The van der Waals surface area contributed by atoms with E-state index < -0.39 is 5.97 Å². The second kappa shape index (κ2) is 7.88. The van der Waals surface area contributed by atoms with Gasteiger partial charge in [0.15, 0.2) is 0 Å². The number of carbonyl (C=O) groups is 1. The minimum atomic E-state index is -0.704. The normalized spacial score (nSPS) is 9.91. The number of rotatable bonds is 7. The van der Waals surface area contributed by atoms with E-state index in [-0.39, 0.29) is 6.42 Å². The third-order valence-electron chi connectivity index (χ3n) is 1.17. The fourth-order valence-corrected chi connectivity index (χ4v) is 1.54. The summed E-state index contributed by atoms with van der Waals surface area (Å²) in [5.74, 6) is 1.28. The first-order valence-electron chi connectivity index (χ1n) is 3.77. The van der Waals surface area contributed by atoms with Gasteiger partial charge in [-0.15, -0.1) is 0 Å². The van der Waals surface area contributed by atoms with Gasteiger partial charge in [0.25, 0.3) is 0 Å². The van der Waals surface area contributed by atoms with Gasteiger partial charge in [-0.1, -0.05) is 0 Å². The number of carboxylic acids is 1. The molecule has 0 aromatic heterocycles. The monoisotopic (exact) mass is 177 g/mol. The third-order valence-corrected chi connectivity index (χ3v) is 2.33. The van der Waals surface area contributed by atoms with Crippen LogP contribution in [0.2, 0.25) is 0 Å². The van der Waals surface area contributed by atoms with Crippen molar-refractivity contribution in [3.8, 4) is 0 Å². The average molecular weight is 177 g/mol. The van der Waals surface area contributed by atoms with Gasteiger partial charge in [-0.2, -0.15) is 11.8 Å². The summed E-state index contributed by atoms with van der Waals surface area (Å²) in [5, 5.41) is 8.29. The van der Waals surface area contributed by atoms with Crippen molar-refractivity contribution in [3.05, 3.63) is 0 Å². The molecular weight excluding hydrogens is 162 g/mol. The molecular formula is C7H15NO2S. The lowest BCUT2D eigenvalue weighted by atomic mass is 10.3. The minimum absolute atomic E-state index is 0.287. The van der Waals surface area contributed by atoms with Crippen LogP contribution in [0.15, 0.2) is 0 Å². The highest BCUT2D eigenvalue weighted by Gasteiger charge is 1.95. The second-order valence-electron chi connectivity index (χ2n) is 2.25. The maximum atomic E-state index is 10.1. The first-order chi connectivity index (χ1) is 5.27. The molecule has 0 aromatic carbocycles. The van der Waals surface area contributed by atoms with E-state index in [2.05, 4.69) is 0 Å². The molecule has 0 unspecified atom stereocenters. The minimum Gasteiger partial charge on any atom is -0.481 e. The van der Waals surface area contributed by atoms with Crippen LogP contribution in [0.1, 0.15) is 19.3 Å². The van der Waals surface area contributed by atoms with Crippen molar-refractivity contribution >= 4 is 17.7 Å². The van der Waals surface area contributed by atoms with Gasteiger partial charge in [0, 0.05) is 6.42 Å². The molecule has 0 aromatic rings. The quantitative estimate of drug-likeness (QED) is 0.568. The van der Waals surface area contributed by atoms with Crippen molar-refractivity contribution in [1.82, 2.24) is 0 Å². The lowest BCUT2D eigenvalue weighted by Gasteiger charge is -1.97. The van der Waals surface area contributed by atoms with Gasteiger partial charge in [0.05, 0.1) is 0 Å². The van der Waals surface area contributed by atoms with E-state index in [1.807, 2.05) is 0 Å². The van der Waals surface area contributed by atoms with Crippen molar-refractivity contribution < 1.29 is 9.90 Å². The van der Waals surface area contributed by atoms with Crippen molar-refractivity contribution in [2.24, 2.45) is 5.73 Å². The molecule has 3 N–H and O–H groups in total. The number of nitrogens with two attached hydrogens (primary N) is 1. The summed E-state index contributed by atoms with van der Waals surface area (Å²) in [6.45, 7) is 0.728. The summed E-state index contributed by atoms with van der Waals surface area (Å²) < 4.78 is 0. The Bertz CT molecular complexity index is 109. The number of hydrogen-bond donors (Lipinski definition) is 2. The molecule has 0 heterocycles.